The first-order chi connectivity index (χ1) is 9.15. The molecule has 0 saturated heterocycles. The van der Waals surface area contributed by atoms with Gasteiger partial charge in [0, 0.05) is 10.0 Å². The summed E-state index contributed by atoms with van der Waals surface area (Å²) in [5.41, 5.74) is 5.38. The number of hydrazine groups is 1. The molecule has 3 N–H and O–H groups in total. The van der Waals surface area contributed by atoms with Crippen molar-refractivity contribution in [1.82, 2.24) is 5.43 Å². The van der Waals surface area contributed by atoms with Gasteiger partial charge in [0.1, 0.15) is 5.82 Å². The minimum atomic E-state index is -0.357. The highest BCUT2D eigenvalue weighted by Crippen LogP contribution is 2.27. The van der Waals surface area contributed by atoms with E-state index in [-0.39, 0.29) is 11.9 Å². The van der Waals surface area contributed by atoms with Gasteiger partial charge in [-0.1, -0.05) is 47.1 Å². The Balaban J connectivity index is 2.46. The van der Waals surface area contributed by atoms with Crippen LogP contribution in [0.4, 0.5) is 4.39 Å². The standard InChI is InChI=1S/C15H16BrFN2/c1-2-10-4-3-5-11(8-10)15(19-18)13-9-12(16)6-7-14(13)17/h3-9,15,19H,2,18H2,1H3. The first kappa shape index (κ1) is 14.2. The summed E-state index contributed by atoms with van der Waals surface area (Å²) in [5, 5.41) is 0. The number of aryl methyl sites for hydroxylation is 1. The van der Waals surface area contributed by atoms with Crippen LogP contribution in [-0.2, 0) is 6.42 Å². The topological polar surface area (TPSA) is 38.0 Å². The molecule has 2 nitrogen and oxygen atoms in total. The fourth-order valence-corrected chi connectivity index (χ4v) is 2.47. The van der Waals surface area contributed by atoms with Crippen LogP contribution in [0, 0.1) is 5.82 Å². The Morgan fingerprint density at radius 2 is 2.05 bits per heavy atom. The van der Waals surface area contributed by atoms with Crippen LogP contribution in [0.3, 0.4) is 0 Å². The second-order valence-corrected chi connectivity index (χ2v) is 5.28. The molecule has 0 spiro atoms. The Labute approximate surface area is 120 Å². The molecule has 2 rings (SSSR count). The molecule has 0 fully saturated rings. The third kappa shape index (κ3) is 3.21. The van der Waals surface area contributed by atoms with E-state index in [9.17, 15) is 4.39 Å². The van der Waals surface area contributed by atoms with Crippen LogP contribution >= 0.6 is 15.9 Å². The van der Waals surface area contributed by atoms with Crippen molar-refractivity contribution in [2.75, 3.05) is 0 Å². The van der Waals surface area contributed by atoms with Crippen LogP contribution < -0.4 is 11.3 Å². The highest BCUT2D eigenvalue weighted by atomic mass is 79.9. The zero-order valence-corrected chi connectivity index (χ0v) is 12.2. The van der Waals surface area contributed by atoms with E-state index in [0.717, 1.165) is 16.5 Å². The normalized spacial score (nSPS) is 12.4. The molecule has 0 aliphatic carbocycles. The van der Waals surface area contributed by atoms with Crippen LogP contribution in [0.5, 0.6) is 0 Å². The maximum Gasteiger partial charge on any atom is 0.128 e. The van der Waals surface area contributed by atoms with Gasteiger partial charge in [-0.3, -0.25) is 5.84 Å². The first-order valence-corrected chi connectivity index (χ1v) is 6.95. The summed E-state index contributed by atoms with van der Waals surface area (Å²) in [7, 11) is 0. The molecule has 100 valence electrons. The number of rotatable bonds is 4. The molecule has 0 saturated carbocycles. The molecule has 2 aromatic rings. The summed E-state index contributed by atoms with van der Waals surface area (Å²) in [6.45, 7) is 2.09. The predicted octanol–water partition coefficient (Wildman–Crippen LogP) is 3.70. The Hall–Kier alpha value is -1.23. The lowest BCUT2D eigenvalue weighted by molar-refractivity contribution is 0.559. The van der Waals surface area contributed by atoms with E-state index in [4.69, 9.17) is 5.84 Å². The van der Waals surface area contributed by atoms with E-state index in [1.54, 1.807) is 12.1 Å². The molecule has 0 aromatic heterocycles. The summed E-state index contributed by atoms with van der Waals surface area (Å²) in [5.74, 6) is 5.35. The smallest absolute Gasteiger partial charge is 0.128 e. The highest BCUT2D eigenvalue weighted by Gasteiger charge is 2.17. The van der Waals surface area contributed by atoms with E-state index < -0.39 is 0 Å². The summed E-state index contributed by atoms with van der Waals surface area (Å²) in [4.78, 5) is 0. The van der Waals surface area contributed by atoms with Crippen LogP contribution in [-0.4, -0.2) is 0 Å². The van der Waals surface area contributed by atoms with Crippen LogP contribution in [0.2, 0.25) is 0 Å². The Morgan fingerprint density at radius 1 is 1.26 bits per heavy atom. The third-order valence-corrected chi connectivity index (χ3v) is 3.62. The van der Waals surface area contributed by atoms with Gasteiger partial charge in [-0.2, -0.15) is 0 Å². The predicted molar refractivity (Wildman–Crippen MR) is 79.1 cm³/mol. The first-order valence-electron chi connectivity index (χ1n) is 6.15. The molecule has 0 radical (unpaired) electrons. The van der Waals surface area contributed by atoms with Gasteiger partial charge in [-0.15, -0.1) is 0 Å². The maximum atomic E-state index is 14.0. The minimum absolute atomic E-state index is 0.270. The number of nitrogens with two attached hydrogens (primary N) is 1. The molecule has 0 bridgehead atoms. The lowest BCUT2D eigenvalue weighted by atomic mass is 9.97. The maximum absolute atomic E-state index is 14.0. The van der Waals surface area contributed by atoms with E-state index in [2.05, 4.69) is 28.3 Å². The molecule has 1 unspecified atom stereocenters. The summed E-state index contributed by atoms with van der Waals surface area (Å²) < 4.78 is 14.8. The van der Waals surface area contributed by atoms with E-state index in [1.165, 1.54) is 11.6 Å². The van der Waals surface area contributed by atoms with Crippen molar-refractivity contribution in [3.63, 3.8) is 0 Å². The van der Waals surface area contributed by atoms with Crippen LogP contribution in [0.1, 0.15) is 29.7 Å². The van der Waals surface area contributed by atoms with Gasteiger partial charge in [0.05, 0.1) is 6.04 Å². The second kappa shape index (κ2) is 6.28. The average Bonchev–Trinajstić information content (AvgIpc) is 2.44. The van der Waals surface area contributed by atoms with Gasteiger partial charge in [0.15, 0.2) is 0 Å². The number of hydrogen-bond acceptors (Lipinski definition) is 2. The number of benzene rings is 2. The van der Waals surface area contributed by atoms with Crippen molar-refractivity contribution in [3.8, 4) is 0 Å². The number of hydrogen-bond donors (Lipinski definition) is 2. The van der Waals surface area contributed by atoms with Crippen molar-refractivity contribution in [2.45, 2.75) is 19.4 Å². The van der Waals surface area contributed by atoms with Gasteiger partial charge in [0.25, 0.3) is 0 Å². The SMILES string of the molecule is CCc1cccc(C(NN)c2cc(Br)ccc2F)c1. The average molecular weight is 323 g/mol. The quantitative estimate of drug-likeness (QED) is 0.665. The molecular formula is C15H16BrFN2. The lowest BCUT2D eigenvalue weighted by Gasteiger charge is -2.18. The van der Waals surface area contributed by atoms with Crippen molar-refractivity contribution in [2.24, 2.45) is 5.84 Å². The molecule has 0 amide bonds. The van der Waals surface area contributed by atoms with Crippen molar-refractivity contribution in [1.29, 1.82) is 0 Å². The fraction of sp³-hybridized carbons (Fsp3) is 0.200. The summed E-state index contributed by atoms with van der Waals surface area (Å²) in [6.07, 6.45) is 0.937. The van der Waals surface area contributed by atoms with E-state index >= 15 is 0 Å². The van der Waals surface area contributed by atoms with E-state index in [1.807, 2.05) is 24.3 Å². The summed E-state index contributed by atoms with van der Waals surface area (Å²) in [6, 6.07) is 12.5. The number of halogens is 2. The molecule has 0 heterocycles. The fourth-order valence-electron chi connectivity index (χ4n) is 2.09. The zero-order valence-electron chi connectivity index (χ0n) is 10.7. The molecule has 2 aromatic carbocycles. The van der Waals surface area contributed by atoms with Gasteiger partial charge in [-0.25, -0.2) is 9.82 Å². The Morgan fingerprint density at radius 3 is 2.74 bits per heavy atom. The van der Waals surface area contributed by atoms with Crippen molar-refractivity contribution in [3.05, 3.63) is 69.4 Å². The van der Waals surface area contributed by atoms with Gasteiger partial charge < -0.3 is 0 Å². The molecule has 0 aliphatic rings. The van der Waals surface area contributed by atoms with Crippen molar-refractivity contribution >= 4 is 15.9 Å². The third-order valence-electron chi connectivity index (χ3n) is 3.13. The van der Waals surface area contributed by atoms with Gasteiger partial charge in [-0.05, 0) is 35.7 Å². The van der Waals surface area contributed by atoms with Crippen LogP contribution in [0.25, 0.3) is 0 Å². The molecule has 0 aliphatic heterocycles. The van der Waals surface area contributed by atoms with Crippen molar-refractivity contribution < 1.29 is 4.39 Å². The Kier molecular flexibility index (Phi) is 4.69. The highest BCUT2D eigenvalue weighted by molar-refractivity contribution is 9.10. The second-order valence-electron chi connectivity index (χ2n) is 4.36. The molecule has 4 heteroatoms. The minimum Gasteiger partial charge on any atom is -0.271 e. The van der Waals surface area contributed by atoms with Crippen LogP contribution in [0.15, 0.2) is 46.9 Å². The zero-order chi connectivity index (χ0) is 13.8. The molecule has 1 atom stereocenters. The number of nitrogens with one attached hydrogen (secondary N) is 1. The van der Waals surface area contributed by atoms with E-state index in [0.29, 0.717) is 5.56 Å². The monoisotopic (exact) mass is 322 g/mol. The van der Waals surface area contributed by atoms with Gasteiger partial charge in [0.2, 0.25) is 0 Å². The Bertz CT molecular complexity index is 572. The summed E-state index contributed by atoms with van der Waals surface area (Å²) >= 11 is 3.36. The molecule has 19 heavy (non-hydrogen) atoms. The van der Waals surface area contributed by atoms with Gasteiger partial charge >= 0.3 is 0 Å². The lowest BCUT2D eigenvalue weighted by Crippen LogP contribution is -2.29. The molecular weight excluding hydrogens is 307 g/mol. The largest absolute Gasteiger partial charge is 0.271 e.